The summed E-state index contributed by atoms with van der Waals surface area (Å²) in [7, 11) is 0. The summed E-state index contributed by atoms with van der Waals surface area (Å²) in [5.41, 5.74) is 0. The smallest absolute Gasteiger partial charge is 0.216 e. The first-order valence-electron chi connectivity index (χ1n) is 6.12. The third kappa shape index (κ3) is 3.57. The zero-order valence-corrected chi connectivity index (χ0v) is 11.2. The number of hydrogen-bond donors (Lipinski definition) is 1. The summed E-state index contributed by atoms with van der Waals surface area (Å²) in [5.74, 6) is 1.48. The molecule has 1 aliphatic rings. The van der Waals surface area contributed by atoms with Gasteiger partial charge in [-0.15, -0.1) is 0 Å². The van der Waals surface area contributed by atoms with Crippen LogP contribution in [0.1, 0.15) is 19.8 Å². The van der Waals surface area contributed by atoms with Crippen molar-refractivity contribution in [1.82, 2.24) is 15.3 Å². The molecule has 5 nitrogen and oxygen atoms in total. The minimum atomic E-state index is 0.0417. The Kier molecular flexibility index (Phi) is 4.36. The van der Waals surface area contributed by atoms with Crippen LogP contribution in [-0.4, -0.2) is 35.5 Å². The highest BCUT2D eigenvalue weighted by Crippen LogP contribution is 2.22. The van der Waals surface area contributed by atoms with Gasteiger partial charge in [0.05, 0.1) is 0 Å². The predicted octanol–water partition coefficient (Wildman–Crippen LogP) is 1.48. The molecule has 2 rings (SSSR count). The average Bonchev–Trinajstić information content (AvgIpc) is 2.37. The van der Waals surface area contributed by atoms with Gasteiger partial charge in [0.15, 0.2) is 0 Å². The quantitative estimate of drug-likeness (QED) is 0.844. The Bertz CT molecular complexity index is 418. The standard InChI is InChI=1S/C12H17ClN4O/c1-9(18)14-7-10-2-4-17(5-3-10)12-6-11(13)15-8-16-12/h6,8,10H,2-5,7H2,1H3,(H,14,18). The zero-order chi connectivity index (χ0) is 13.0. The molecule has 2 heterocycles. The molecule has 1 aliphatic heterocycles. The van der Waals surface area contributed by atoms with E-state index in [2.05, 4.69) is 20.2 Å². The number of piperidine rings is 1. The molecule has 0 radical (unpaired) electrons. The molecule has 1 saturated heterocycles. The number of anilines is 1. The van der Waals surface area contributed by atoms with E-state index in [0.717, 1.165) is 38.3 Å². The van der Waals surface area contributed by atoms with Gasteiger partial charge in [0, 0.05) is 32.6 Å². The molecule has 0 spiro atoms. The van der Waals surface area contributed by atoms with Crippen LogP contribution >= 0.6 is 11.6 Å². The number of nitrogens with one attached hydrogen (secondary N) is 1. The SMILES string of the molecule is CC(=O)NCC1CCN(c2cc(Cl)ncn2)CC1. The van der Waals surface area contributed by atoms with Crippen LogP contribution in [0.15, 0.2) is 12.4 Å². The monoisotopic (exact) mass is 268 g/mol. The summed E-state index contributed by atoms with van der Waals surface area (Å²) in [5, 5.41) is 3.35. The van der Waals surface area contributed by atoms with E-state index >= 15 is 0 Å². The van der Waals surface area contributed by atoms with E-state index in [4.69, 9.17) is 11.6 Å². The Morgan fingerprint density at radius 3 is 2.83 bits per heavy atom. The van der Waals surface area contributed by atoms with Crippen LogP contribution in [0, 0.1) is 5.92 Å². The van der Waals surface area contributed by atoms with Gasteiger partial charge >= 0.3 is 0 Å². The van der Waals surface area contributed by atoms with Crippen molar-refractivity contribution in [2.24, 2.45) is 5.92 Å². The van der Waals surface area contributed by atoms with Crippen LogP contribution in [0.2, 0.25) is 5.15 Å². The molecule has 98 valence electrons. The molecule has 1 aromatic rings. The summed E-state index contributed by atoms with van der Waals surface area (Å²) < 4.78 is 0. The lowest BCUT2D eigenvalue weighted by molar-refractivity contribution is -0.119. The van der Waals surface area contributed by atoms with Gasteiger partial charge in [-0.25, -0.2) is 9.97 Å². The van der Waals surface area contributed by atoms with Crippen molar-refractivity contribution < 1.29 is 4.79 Å². The van der Waals surface area contributed by atoms with E-state index in [1.54, 1.807) is 13.0 Å². The maximum atomic E-state index is 10.9. The molecular weight excluding hydrogens is 252 g/mol. The second kappa shape index (κ2) is 6.00. The summed E-state index contributed by atoms with van der Waals surface area (Å²) in [6.45, 7) is 4.21. The molecule has 0 bridgehead atoms. The Labute approximate surface area is 112 Å². The van der Waals surface area contributed by atoms with Crippen LogP contribution in [0.25, 0.3) is 0 Å². The first kappa shape index (κ1) is 13.1. The van der Waals surface area contributed by atoms with Crippen LogP contribution in [0.4, 0.5) is 5.82 Å². The van der Waals surface area contributed by atoms with E-state index in [9.17, 15) is 4.79 Å². The largest absolute Gasteiger partial charge is 0.356 e. The van der Waals surface area contributed by atoms with Crippen LogP contribution in [0.5, 0.6) is 0 Å². The van der Waals surface area contributed by atoms with Crippen molar-refractivity contribution in [3.63, 3.8) is 0 Å². The van der Waals surface area contributed by atoms with E-state index in [1.807, 2.05) is 0 Å². The molecule has 0 saturated carbocycles. The van der Waals surface area contributed by atoms with Crippen molar-refractivity contribution in [3.05, 3.63) is 17.5 Å². The predicted molar refractivity (Wildman–Crippen MR) is 70.7 cm³/mol. The fraction of sp³-hybridized carbons (Fsp3) is 0.583. The highest BCUT2D eigenvalue weighted by atomic mass is 35.5. The Hall–Kier alpha value is -1.36. The molecule has 1 fully saturated rings. The fourth-order valence-corrected chi connectivity index (χ4v) is 2.29. The van der Waals surface area contributed by atoms with E-state index in [1.165, 1.54) is 6.33 Å². The zero-order valence-electron chi connectivity index (χ0n) is 10.4. The summed E-state index contributed by atoms with van der Waals surface area (Å²) in [6.07, 6.45) is 3.60. The lowest BCUT2D eigenvalue weighted by Crippen LogP contribution is -2.38. The van der Waals surface area contributed by atoms with Gasteiger partial charge in [-0.3, -0.25) is 4.79 Å². The summed E-state index contributed by atoms with van der Waals surface area (Å²) in [4.78, 5) is 21.2. The van der Waals surface area contributed by atoms with E-state index < -0.39 is 0 Å². The minimum absolute atomic E-state index is 0.0417. The maximum Gasteiger partial charge on any atom is 0.216 e. The minimum Gasteiger partial charge on any atom is -0.356 e. The number of amides is 1. The van der Waals surface area contributed by atoms with Crippen molar-refractivity contribution in [2.45, 2.75) is 19.8 Å². The van der Waals surface area contributed by atoms with E-state index in [-0.39, 0.29) is 5.91 Å². The first-order valence-corrected chi connectivity index (χ1v) is 6.50. The van der Waals surface area contributed by atoms with E-state index in [0.29, 0.717) is 11.1 Å². The van der Waals surface area contributed by atoms with Crippen molar-refractivity contribution in [3.8, 4) is 0 Å². The van der Waals surface area contributed by atoms with Crippen molar-refractivity contribution in [2.75, 3.05) is 24.5 Å². The third-order valence-corrected chi connectivity index (χ3v) is 3.40. The first-order chi connectivity index (χ1) is 8.65. The molecule has 18 heavy (non-hydrogen) atoms. The fourth-order valence-electron chi connectivity index (χ4n) is 2.15. The van der Waals surface area contributed by atoms with Gasteiger partial charge in [0.25, 0.3) is 0 Å². The highest BCUT2D eigenvalue weighted by Gasteiger charge is 2.20. The Balaban J connectivity index is 1.85. The van der Waals surface area contributed by atoms with Gasteiger partial charge in [0.1, 0.15) is 17.3 Å². The number of rotatable bonds is 3. The number of carbonyl (C=O) groups excluding carboxylic acids is 1. The number of halogens is 1. The van der Waals surface area contributed by atoms with Crippen molar-refractivity contribution in [1.29, 1.82) is 0 Å². The van der Waals surface area contributed by atoms with Gasteiger partial charge in [-0.1, -0.05) is 11.6 Å². The Morgan fingerprint density at radius 2 is 2.22 bits per heavy atom. The Morgan fingerprint density at radius 1 is 1.50 bits per heavy atom. The van der Waals surface area contributed by atoms with Gasteiger partial charge in [-0.05, 0) is 18.8 Å². The highest BCUT2D eigenvalue weighted by molar-refractivity contribution is 6.29. The van der Waals surface area contributed by atoms with Gasteiger partial charge in [0.2, 0.25) is 5.91 Å². The number of carbonyl (C=O) groups is 1. The average molecular weight is 269 g/mol. The molecule has 6 heteroatoms. The van der Waals surface area contributed by atoms with Crippen LogP contribution in [-0.2, 0) is 4.79 Å². The maximum absolute atomic E-state index is 10.9. The second-order valence-electron chi connectivity index (χ2n) is 4.57. The van der Waals surface area contributed by atoms with Crippen LogP contribution < -0.4 is 10.2 Å². The molecule has 0 unspecified atom stereocenters. The molecule has 0 atom stereocenters. The topological polar surface area (TPSA) is 58.1 Å². The van der Waals surface area contributed by atoms with Crippen molar-refractivity contribution >= 4 is 23.3 Å². The van der Waals surface area contributed by atoms with Crippen LogP contribution in [0.3, 0.4) is 0 Å². The number of aromatic nitrogens is 2. The molecule has 0 aliphatic carbocycles. The molecule has 1 aromatic heterocycles. The van der Waals surface area contributed by atoms with Gasteiger partial charge in [-0.2, -0.15) is 0 Å². The summed E-state index contributed by atoms with van der Waals surface area (Å²) >= 11 is 5.85. The molecular formula is C12H17ClN4O. The lowest BCUT2D eigenvalue weighted by atomic mass is 9.97. The normalized spacial score (nSPS) is 16.7. The molecule has 1 amide bonds. The molecule has 1 N–H and O–H groups in total. The van der Waals surface area contributed by atoms with Gasteiger partial charge < -0.3 is 10.2 Å². The number of hydrogen-bond acceptors (Lipinski definition) is 4. The second-order valence-corrected chi connectivity index (χ2v) is 4.95. The molecule has 0 aromatic carbocycles. The third-order valence-electron chi connectivity index (χ3n) is 3.20. The summed E-state index contributed by atoms with van der Waals surface area (Å²) in [6, 6.07) is 1.79. The lowest BCUT2D eigenvalue weighted by Gasteiger charge is -2.32. The number of nitrogens with zero attached hydrogens (tertiary/aromatic N) is 3.